The van der Waals surface area contributed by atoms with Crippen LogP contribution in [-0.2, 0) is 4.79 Å². The largest absolute Gasteiger partial charge is 0.480 e. The molecule has 2 rings (SSSR count). The summed E-state index contributed by atoms with van der Waals surface area (Å²) in [4.78, 5) is 36.5. The standard InChI is InChI=1S/C19H21ClN2O4S/c1-2-3-4-6-14(19(25)26)21-17(23)12-8-9-13(20)15(11-12)22-18(24)16-7-5-10-27-16/h5,7-11,14H,2-4,6H2,1H3,(H,21,23)(H,22,24)(H,25,26)/t14-/m0/s1. The van der Waals surface area contributed by atoms with E-state index < -0.39 is 17.9 Å². The highest BCUT2D eigenvalue weighted by molar-refractivity contribution is 7.12. The van der Waals surface area contributed by atoms with Gasteiger partial charge in [-0.2, -0.15) is 0 Å². The van der Waals surface area contributed by atoms with Gasteiger partial charge in [0.15, 0.2) is 0 Å². The normalized spacial score (nSPS) is 11.6. The van der Waals surface area contributed by atoms with Crippen LogP contribution in [0.1, 0.15) is 52.6 Å². The van der Waals surface area contributed by atoms with Crippen molar-refractivity contribution in [3.05, 3.63) is 51.2 Å². The lowest BCUT2D eigenvalue weighted by molar-refractivity contribution is -0.139. The van der Waals surface area contributed by atoms with Crippen LogP contribution in [0.2, 0.25) is 5.02 Å². The van der Waals surface area contributed by atoms with E-state index in [9.17, 15) is 19.5 Å². The molecule has 0 saturated carbocycles. The Kier molecular flexibility index (Phi) is 7.82. The van der Waals surface area contributed by atoms with Gasteiger partial charge in [0.05, 0.1) is 15.6 Å². The number of aliphatic carboxylic acids is 1. The number of carbonyl (C=O) groups is 3. The number of anilines is 1. The van der Waals surface area contributed by atoms with Crippen molar-refractivity contribution in [3.8, 4) is 0 Å². The van der Waals surface area contributed by atoms with E-state index in [-0.39, 0.29) is 16.5 Å². The molecule has 2 amide bonds. The van der Waals surface area contributed by atoms with Gasteiger partial charge in [0.2, 0.25) is 0 Å². The molecule has 3 N–H and O–H groups in total. The third-order valence-electron chi connectivity index (χ3n) is 3.92. The maximum Gasteiger partial charge on any atom is 0.326 e. The van der Waals surface area contributed by atoms with Crippen molar-refractivity contribution in [2.45, 2.75) is 38.6 Å². The molecule has 0 spiro atoms. The number of hydrogen-bond donors (Lipinski definition) is 3. The van der Waals surface area contributed by atoms with Gasteiger partial charge in [-0.25, -0.2) is 4.79 Å². The maximum atomic E-state index is 12.4. The summed E-state index contributed by atoms with van der Waals surface area (Å²) in [6.45, 7) is 2.02. The molecule has 0 radical (unpaired) electrons. The fourth-order valence-corrected chi connectivity index (χ4v) is 3.24. The van der Waals surface area contributed by atoms with Crippen molar-refractivity contribution in [3.63, 3.8) is 0 Å². The molecule has 0 bridgehead atoms. The maximum absolute atomic E-state index is 12.4. The van der Waals surface area contributed by atoms with E-state index in [1.54, 1.807) is 17.5 Å². The van der Waals surface area contributed by atoms with Crippen LogP contribution in [0.25, 0.3) is 0 Å². The van der Waals surface area contributed by atoms with Gasteiger partial charge in [0.25, 0.3) is 11.8 Å². The van der Waals surface area contributed by atoms with Gasteiger partial charge >= 0.3 is 5.97 Å². The minimum absolute atomic E-state index is 0.225. The number of benzene rings is 1. The van der Waals surface area contributed by atoms with Gasteiger partial charge in [-0.15, -0.1) is 11.3 Å². The first kappa shape index (κ1) is 20.9. The van der Waals surface area contributed by atoms with Crippen LogP contribution in [0.15, 0.2) is 35.7 Å². The van der Waals surface area contributed by atoms with Gasteiger partial charge in [0, 0.05) is 5.56 Å². The first-order valence-corrected chi connectivity index (χ1v) is 9.86. The van der Waals surface area contributed by atoms with Crippen molar-refractivity contribution in [1.82, 2.24) is 5.32 Å². The number of unbranched alkanes of at least 4 members (excludes halogenated alkanes) is 2. The highest BCUT2D eigenvalue weighted by atomic mass is 35.5. The quantitative estimate of drug-likeness (QED) is 0.535. The summed E-state index contributed by atoms with van der Waals surface area (Å²) < 4.78 is 0. The number of hydrogen-bond acceptors (Lipinski definition) is 4. The number of amides is 2. The molecule has 0 aliphatic rings. The summed E-state index contributed by atoms with van der Waals surface area (Å²) in [5.74, 6) is -1.92. The van der Waals surface area contributed by atoms with Gasteiger partial charge in [-0.05, 0) is 36.1 Å². The second kappa shape index (κ2) is 10.1. The molecule has 0 fully saturated rings. The second-order valence-electron chi connectivity index (χ2n) is 5.99. The average molecular weight is 409 g/mol. The highest BCUT2D eigenvalue weighted by Gasteiger charge is 2.21. The molecule has 0 unspecified atom stereocenters. The van der Waals surface area contributed by atoms with E-state index in [0.29, 0.717) is 17.0 Å². The monoisotopic (exact) mass is 408 g/mol. The molecule has 8 heteroatoms. The topological polar surface area (TPSA) is 95.5 Å². The lowest BCUT2D eigenvalue weighted by atomic mass is 10.1. The lowest BCUT2D eigenvalue weighted by Crippen LogP contribution is -2.40. The smallest absolute Gasteiger partial charge is 0.326 e. The molecule has 2 aromatic rings. The Morgan fingerprint density at radius 3 is 2.59 bits per heavy atom. The van der Waals surface area contributed by atoms with E-state index in [0.717, 1.165) is 19.3 Å². The van der Waals surface area contributed by atoms with E-state index in [1.165, 1.54) is 29.5 Å². The lowest BCUT2D eigenvalue weighted by Gasteiger charge is -2.15. The predicted octanol–water partition coefficient (Wildman–Crippen LogP) is 4.42. The molecule has 1 aromatic carbocycles. The molecule has 1 heterocycles. The van der Waals surface area contributed by atoms with E-state index in [1.807, 2.05) is 6.92 Å². The van der Waals surface area contributed by atoms with Crippen LogP contribution in [0, 0.1) is 0 Å². The van der Waals surface area contributed by atoms with Crippen LogP contribution >= 0.6 is 22.9 Å². The minimum Gasteiger partial charge on any atom is -0.480 e. The molecule has 6 nitrogen and oxygen atoms in total. The summed E-state index contributed by atoms with van der Waals surface area (Å²) in [5.41, 5.74) is 0.517. The van der Waals surface area contributed by atoms with E-state index >= 15 is 0 Å². The zero-order chi connectivity index (χ0) is 19.8. The molecule has 0 aliphatic heterocycles. The predicted molar refractivity (Wildman–Crippen MR) is 107 cm³/mol. The number of nitrogens with one attached hydrogen (secondary N) is 2. The van der Waals surface area contributed by atoms with Crippen LogP contribution < -0.4 is 10.6 Å². The Bertz CT molecular complexity index is 808. The SMILES string of the molecule is CCCCC[C@H](NC(=O)c1ccc(Cl)c(NC(=O)c2cccs2)c1)C(=O)O. The zero-order valence-electron chi connectivity index (χ0n) is 14.8. The zero-order valence-corrected chi connectivity index (χ0v) is 16.4. The number of carboxylic acids is 1. The first-order chi connectivity index (χ1) is 12.9. The van der Waals surface area contributed by atoms with Crippen molar-refractivity contribution < 1.29 is 19.5 Å². The molecular formula is C19H21ClN2O4S. The highest BCUT2D eigenvalue weighted by Crippen LogP contribution is 2.24. The summed E-state index contributed by atoms with van der Waals surface area (Å²) in [6.07, 6.45) is 2.95. The first-order valence-electron chi connectivity index (χ1n) is 8.60. The van der Waals surface area contributed by atoms with Gasteiger partial charge in [-0.3, -0.25) is 9.59 Å². The minimum atomic E-state index is -1.07. The molecular weight excluding hydrogens is 388 g/mol. The number of carboxylic acid groups (broad SMARTS) is 1. The second-order valence-corrected chi connectivity index (χ2v) is 7.34. The Balaban J connectivity index is 2.09. The Labute approximate surface area is 166 Å². The number of thiophene rings is 1. The average Bonchev–Trinajstić information content (AvgIpc) is 3.17. The van der Waals surface area contributed by atoms with Crippen molar-refractivity contribution >= 4 is 46.4 Å². The fourth-order valence-electron chi connectivity index (χ4n) is 2.45. The number of rotatable bonds is 9. The Morgan fingerprint density at radius 2 is 1.96 bits per heavy atom. The number of carbonyl (C=O) groups excluding carboxylic acids is 2. The van der Waals surface area contributed by atoms with E-state index in [4.69, 9.17) is 11.6 Å². The van der Waals surface area contributed by atoms with Crippen molar-refractivity contribution in [2.75, 3.05) is 5.32 Å². The molecule has 144 valence electrons. The third-order valence-corrected chi connectivity index (χ3v) is 5.12. The van der Waals surface area contributed by atoms with Crippen LogP contribution in [0.5, 0.6) is 0 Å². The van der Waals surface area contributed by atoms with Crippen LogP contribution in [0.3, 0.4) is 0 Å². The fraction of sp³-hybridized carbons (Fsp3) is 0.316. The summed E-state index contributed by atoms with van der Waals surface area (Å²) >= 11 is 7.40. The van der Waals surface area contributed by atoms with Gasteiger partial charge < -0.3 is 15.7 Å². The van der Waals surface area contributed by atoms with Crippen LogP contribution in [-0.4, -0.2) is 28.9 Å². The van der Waals surface area contributed by atoms with Gasteiger partial charge in [0.1, 0.15) is 6.04 Å². The van der Waals surface area contributed by atoms with Gasteiger partial charge in [-0.1, -0.05) is 43.9 Å². The molecule has 27 heavy (non-hydrogen) atoms. The van der Waals surface area contributed by atoms with Crippen molar-refractivity contribution in [1.29, 1.82) is 0 Å². The summed E-state index contributed by atoms with van der Waals surface area (Å²) in [7, 11) is 0. The van der Waals surface area contributed by atoms with Crippen molar-refractivity contribution in [2.24, 2.45) is 0 Å². The van der Waals surface area contributed by atoms with E-state index in [2.05, 4.69) is 10.6 Å². The summed E-state index contributed by atoms with van der Waals surface area (Å²) in [6, 6.07) is 6.91. The Morgan fingerprint density at radius 1 is 1.19 bits per heavy atom. The molecule has 0 aliphatic carbocycles. The summed E-state index contributed by atoms with van der Waals surface area (Å²) in [5, 5.41) is 16.6. The third kappa shape index (κ3) is 6.08. The molecule has 0 saturated heterocycles. The Hall–Kier alpha value is -2.38. The molecule has 1 aromatic heterocycles. The van der Waals surface area contributed by atoms with Crippen LogP contribution in [0.4, 0.5) is 5.69 Å². The molecule has 1 atom stereocenters. The number of halogens is 1.